The van der Waals surface area contributed by atoms with E-state index in [4.69, 9.17) is 5.73 Å². The molecular formula is C14H17N3OS. The zero-order valence-electron chi connectivity index (χ0n) is 11.0. The topological polar surface area (TPSA) is 68.9 Å². The molecule has 0 radical (unpaired) electrons. The van der Waals surface area contributed by atoms with E-state index in [0.717, 1.165) is 42.8 Å². The number of hydrogen-bond donors (Lipinski definition) is 1. The summed E-state index contributed by atoms with van der Waals surface area (Å²) in [6.45, 7) is 2.13. The van der Waals surface area contributed by atoms with Gasteiger partial charge in [0.2, 0.25) is 5.91 Å². The number of carbonyl (C=O) groups excluding carboxylic acids is 1. The van der Waals surface area contributed by atoms with Gasteiger partial charge in [-0.3, -0.25) is 4.79 Å². The number of hydrogen-bond acceptors (Lipinski definition) is 4. The number of aromatic nitrogens is 2. The molecule has 0 aromatic carbocycles. The first kappa shape index (κ1) is 12.5. The highest BCUT2D eigenvalue weighted by Gasteiger charge is 2.26. The van der Waals surface area contributed by atoms with Crippen molar-refractivity contribution in [2.75, 3.05) is 0 Å². The Kier molecular flexibility index (Phi) is 3.22. The Morgan fingerprint density at radius 2 is 2.42 bits per heavy atom. The van der Waals surface area contributed by atoms with Crippen molar-refractivity contribution in [1.82, 2.24) is 9.97 Å². The minimum atomic E-state index is -0.180. The number of amides is 1. The van der Waals surface area contributed by atoms with Gasteiger partial charge in [-0.15, -0.1) is 11.3 Å². The average molecular weight is 275 g/mol. The molecule has 19 heavy (non-hydrogen) atoms. The van der Waals surface area contributed by atoms with E-state index in [1.54, 1.807) is 11.3 Å². The molecule has 2 aromatic rings. The Labute approximate surface area is 116 Å². The number of carbonyl (C=O) groups is 1. The van der Waals surface area contributed by atoms with Crippen LogP contribution < -0.4 is 5.73 Å². The Bertz CT molecular complexity index is 635. The largest absolute Gasteiger partial charge is 0.369 e. The van der Waals surface area contributed by atoms with Gasteiger partial charge in [0.15, 0.2) is 0 Å². The SMILES string of the molecule is CCCc1ncc2c3c(sc2n1)CC(C(N)=O)CC3. The van der Waals surface area contributed by atoms with Crippen LogP contribution in [0.25, 0.3) is 10.2 Å². The molecule has 1 atom stereocenters. The standard InChI is InChI=1S/C14H17N3OS/c1-2-3-12-16-7-10-9-5-4-8(13(15)18)6-11(9)19-14(10)17-12/h7-8H,2-6H2,1H3,(H2,15,18). The zero-order valence-corrected chi connectivity index (χ0v) is 11.8. The molecule has 2 N–H and O–H groups in total. The Hall–Kier alpha value is -1.49. The smallest absolute Gasteiger partial charge is 0.220 e. The highest BCUT2D eigenvalue weighted by Crippen LogP contribution is 2.36. The quantitative estimate of drug-likeness (QED) is 0.934. The Balaban J connectivity index is 2.00. The molecule has 0 bridgehead atoms. The van der Waals surface area contributed by atoms with Gasteiger partial charge in [0.1, 0.15) is 10.7 Å². The fraction of sp³-hybridized carbons (Fsp3) is 0.500. The molecular weight excluding hydrogens is 258 g/mol. The lowest BCUT2D eigenvalue weighted by Crippen LogP contribution is -2.27. The summed E-state index contributed by atoms with van der Waals surface area (Å²) in [6, 6.07) is 0. The molecule has 3 rings (SSSR count). The molecule has 1 aliphatic rings. The van der Waals surface area contributed by atoms with Crippen LogP contribution in [0.3, 0.4) is 0 Å². The van der Waals surface area contributed by atoms with Crippen molar-refractivity contribution in [2.24, 2.45) is 11.7 Å². The first-order valence-electron chi connectivity index (χ1n) is 6.74. The van der Waals surface area contributed by atoms with E-state index < -0.39 is 0 Å². The summed E-state index contributed by atoms with van der Waals surface area (Å²) in [5.74, 6) is 0.726. The molecule has 2 heterocycles. The predicted molar refractivity (Wildman–Crippen MR) is 76.1 cm³/mol. The lowest BCUT2D eigenvalue weighted by molar-refractivity contribution is -0.122. The normalized spacial score (nSPS) is 18.5. The first-order chi connectivity index (χ1) is 9.19. The van der Waals surface area contributed by atoms with Gasteiger partial charge >= 0.3 is 0 Å². The van der Waals surface area contributed by atoms with Gasteiger partial charge < -0.3 is 5.73 Å². The molecule has 0 aliphatic heterocycles. The third kappa shape index (κ3) is 2.23. The van der Waals surface area contributed by atoms with E-state index in [0.29, 0.717) is 0 Å². The van der Waals surface area contributed by atoms with Crippen molar-refractivity contribution in [3.05, 3.63) is 22.5 Å². The van der Waals surface area contributed by atoms with Crippen molar-refractivity contribution < 1.29 is 4.79 Å². The molecule has 0 saturated heterocycles. The van der Waals surface area contributed by atoms with E-state index in [1.807, 2.05) is 6.20 Å². The van der Waals surface area contributed by atoms with Crippen LogP contribution in [-0.4, -0.2) is 15.9 Å². The fourth-order valence-electron chi connectivity index (χ4n) is 2.68. The summed E-state index contributed by atoms with van der Waals surface area (Å²) in [6.07, 6.45) is 6.47. The summed E-state index contributed by atoms with van der Waals surface area (Å²) in [5, 5.41) is 1.17. The van der Waals surface area contributed by atoms with E-state index in [-0.39, 0.29) is 11.8 Å². The maximum absolute atomic E-state index is 11.3. The van der Waals surface area contributed by atoms with E-state index in [1.165, 1.54) is 15.8 Å². The maximum atomic E-state index is 11.3. The summed E-state index contributed by atoms with van der Waals surface area (Å²) >= 11 is 1.70. The third-order valence-corrected chi connectivity index (χ3v) is 4.90. The zero-order chi connectivity index (χ0) is 13.4. The number of nitrogens with zero attached hydrogens (tertiary/aromatic N) is 2. The number of rotatable bonds is 3. The van der Waals surface area contributed by atoms with Crippen molar-refractivity contribution >= 4 is 27.5 Å². The first-order valence-corrected chi connectivity index (χ1v) is 7.56. The molecule has 1 amide bonds. The van der Waals surface area contributed by atoms with E-state index in [9.17, 15) is 4.79 Å². The summed E-state index contributed by atoms with van der Waals surface area (Å²) in [4.78, 5) is 22.7. The fourth-order valence-corrected chi connectivity index (χ4v) is 3.97. The van der Waals surface area contributed by atoms with E-state index in [2.05, 4.69) is 16.9 Å². The second kappa shape index (κ2) is 4.89. The average Bonchev–Trinajstić information content (AvgIpc) is 2.75. The van der Waals surface area contributed by atoms with Crippen LogP contribution >= 0.6 is 11.3 Å². The predicted octanol–water partition coefficient (Wildman–Crippen LogP) is 2.23. The monoisotopic (exact) mass is 275 g/mol. The van der Waals surface area contributed by atoms with Gasteiger partial charge in [-0.05, 0) is 31.2 Å². The number of nitrogens with two attached hydrogens (primary N) is 1. The van der Waals surface area contributed by atoms with Crippen LogP contribution in [0, 0.1) is 5.92 Å². The molecule has 4 nitrogen and oxygen atoms in total. The van der Waals surface area contributed by atoms with Crippen molar-refractivity contribution in [3.63, 3.8) is 0 Å². The van der Waals surface area contributed by atoms with Gasteiger partial charge in [0.05, 0.1) is 0 Å². The van der Waals surface area contributed by atoms with Gasteiger partial charge in [0.25, 0.3) is 0 Å². The van der Waals surface area contributed by atoms with Crippen LogP contribution in [0.1, 0.15) is 36.0 Å². The van der Waals surface area contributed by atoms with Gasteiger partial charge in [0, 0.05) is 28.8 Å². The minimum Gasteiger partial charge on any atom is -0.369 e. The molecule has 1 unspecified atom stereocenters. The summed E-state index contributed by atoms with van der Waals surface area (Å²) in [5.41, 5.74) is 6.75. The van der Waals surface area contributed by atoms with Crippen LogP contribution in [0.5, 0.6) is 0 Å². The second-order valence-corrected chi connectivity index (χ2v) is 6.18. The maximum Gasteiger partial charge on any atom is 0.220 e. The minimum absolute atomic E-state index is 0.0105. The molecule has 1 aliphatic carbocycles. The lowest BCUT2D eigenvalue weighted by Gasteiger charge is -2.18. The molecule has 0 saturated carbocycles. The molecule has 5 heteroatoms. The molecule has 0 spiro atoms. The highest BCUT2D eigenvalue weighted by molar-refractivity contribution is 7.18. The van der Waals surface area contributed by atoms with E-state index >= 15 is 0 Å². The van der Waals surface area contributed by atoms with Gasteiger partial charge in [-0.25, -0.2) is 9.97 Å². The van der Waals surface area contributed by atoms with Crippen molar-refractivity contribution in [1.29, 1.82) is 0 Å². The molecule has 0 fully saturated rings. The van der Waals surface area contributed by atoms with Gasteiger partial charge in [-0.1, -0.05) is 6.92 Å². The summed E-state index contributed by atoms with van der Waals surface area (Å²) in [7, 11) is 0. The Morgan fingerprint density at radius 3 is 3.16 bits per heavy atom. The number of aryl methyl sites for hydroxylation is 2. The third-order valence-electron chi connectivity index (χ3n) is 3.74. The van der Waals surface area contributed by atoms with Crippen LogP contribution in [0.2, 0.25) is 0 Å². The number of primary amides is 1. The Morgan fingerprint density at radius 1 is 1.58 bits per heavy atom. The van der Waals surface area contributed by atoms with Gasteiger partial charge in [-0.2, -0.15) is 0 Å². The second-order valence-electron chi connectivity index (χ2n) is 5.10. The molecule has 100 valence electrons. The van der Waals surface area contributed by atoms with Crippen molar-refractivity contribution in [3.8, 4) is 0 Å². The van der Waals surface area contributed by atoms with Crippen LogP contribution in [0.15, 0.2) is 6.20 Å². The van der Waals surface area contributed by atoms with Crippen molar-refractivity contribution in [2.45, 2.75) is 39.0 Å². The summed E-state index contributed by atoms with van der Waals surface area (Å²) < 4.78 is 0. The lowest BCUT2D eigenvalue weighted by atomic mass is 9.87. The number of fused-ring (bicyclic) bond motifs is 3. The molecule has 2 aromatic heterocycles. The van der Waals surface area contributed by atoms with Crippen LogP contribution in [-0.2, 0) is 24.1 Å². The van der Waals surface area contributed by atoms with Crippen LogP contribution in [0.4, 0.5) is 0 Å². The number of thiophene rings is 1. The highest BCUT2D eigenvalue weighted by atomic mass is 32.1.